The molecule has 2 rings (SSSR count). The molecule has 68 valence electrons. The topological polar surface area (TPSA) is 43.6 Å². The van der Waals surface area contributed by atoms with Crippen molar-refractivity contribution in [2.24, 2.45) is 0 Å². The third-order valence-corrected chi connectivity index (χ3v) is 2.50. The lowest BCUT2D eigenvalue weighted by atomic mass is 10.5. The molecule has 0 aliphatic heterocycles. The fraction of sp³-hybridized carbons (Fsp3) is 0.250. The molecule has 2 heterocycles. The molecule has 0 aliphatic carbocycles. The summed E-state index contributed by atoms with van der Waals surface area (Å²) < 4.78 is 6.66. The van der Waals surface area contributed by atoms with Gasteiger partial charge in [-0.25, -0.2) is 9.78 Å². The lowest BCUT2D eigenvalue weighted by molar-refractivity contribution is 0.0523. The van der Waals surface area contributed by atoms with Crippen molar-refractivity contribution in [3.63, 3.8) is 0 Å². The number of imidazole rings is 1. The van der Waals surface area contributed by atoms with Crippen molar-refractivity contribution >= 4 is 22.1 Å². The number of aromatic nitrogens is 2. The van der Waals surface area contributed by atoms with Crippen LogP contribution in [0.1, 0.15) is 17.4 Å². The van der Waals surface area contributed by atoms with Crippen LogP contribution in [-0.4, -0.2) is 22.0 Å². The van der Waals surface area contributed by atoms with Crippen molar-refractivity contribution in [3.8, 4) is 0 Å². The number of esters is 1. The van der Waals surface area contributed by atoms with Gasteiger partial charge in [-0.2, -0.15) is 0 Å². The monoisotopic (exact) mass is 196 g/mol. The van der Waals surface area contributed by atoms with Crippen LogP contribution < -0.4 is 0 Å². The fourth-order valence-corrected chi connectivity index (χ4v) is 1.87. The van der Waals surface area contributed by atoms with E-state index in [1.165, 1.54) is 11.3 Å². The van der Waals surface area contributed by atoms with Gasteiger partial charge in [0.05, 0.1) is 6.61 Å². The van der Waals surface area contributed by atoms with E-state index in [4.69, 9.17) is 4.74 Å². The first-order chi connectivity index (χ1) is 6.33. The molecule has 13 heavy (non-hydrogen) atoms. The summed E-state index contributed by atoms with van der Waals surface area (Å²) in [6.45, 7) is 2.16. The summed E-state index contributed by atoms with van der Waals surface area (Å²) in [4.78, 5) is 16.1. The van der Waals surface area contributed by atoms with E-state index in [1.807, 2.05) is 11.6 Å². The van der Waals surface area contributed by atoms with Crippen molar-refractivity contribution in [1.29, 1.82) is 0 Å². The Morgan fingerprint density at radius 1 is 1.77 bits per heavy atom. The van der Waals surface area contributed by atoms with E-state index in [2.05, 4.69) is 4.98 Å². The molecule has 2 aromatic heterocycles. The number of carbonyl (C=O) groups excluding carboxylic acids is 1. The smallest absolute Gasteiger partial charge is 0.360 e. The summed E-state index contributed by atoms with van der Waals surface area (Å²) in [5.41, 5.74) is 0.400. The second kappa shape index (κ2) is 3.18. The van der Waals surface area contributed by atoms with Crippen LogP contribution in [-0.2, 0) is 4.74 Å². The molecule has 5 heteroatoms. The van der Waals surface area contributed by atoms with Crippen LogP contribution in [0.15, 0.2) is 17.9 Å². The molecular weight excluding hydrogens is 188 g/mol. The SMILES string of the molecule is CCOC(=O)c1ncn2ccsc12. The minimum Gasteiger partial charge on any atom is -0.461 e. The molecule has 0 bridgehead atoms. The zero-order valence-corrected chi connectivity index (χ0v) is 7.87. The maximum Gasteiger partial charge on any atom is 0.360 e. The predicted molar refractivity (Wildman–Crippen MR) is 49.0 cm³/mol. The summed E-state index contributed by atoms with van der Waals surface area (Å²) >= 11 is 1.47. The van der Waals surface area contributed by atoms with E-state index in [1.54, 1.807) is 17.7 Å². The van der Waals surface area contributed by atoms with Crippen LogP contribution in [0, 0.1) is 0 Å². The van der Waals surface area contributed by atoms with Crippen molar-refractivity contribution in [3.05, 3.63) is 23.6 Å². The zero-order chi connectivity index (χ0) is 9.26. The van der Waals surface area contributed by atoms with E-state index in [-0.39, 0.29) is 5.97 Å². The molecule has 0 fully saturated rings. The van der Waals surface area contributed by atoms with E-state index < -0.39 is 0 Å². The number of carbonyl (C=O) groups is 1. The molecule has 0 amide bonds. The molecule has 0 unspecified atom stereocenters. The third kappa shape index (κ3) is 1.31. The standard InChI is InChI=1S/C8H8N2O2S/c1-2-12-8(11)6-7-10(5-9-6)3-4-13-7/h3-5H,2H2,1H3. The van der Waals surface area contributed by atoms with Gasteiger partial charge in [0.1, 0.15) is 11.2 Å². The van der Waals surface area contributed by atoms with Gasteiger partial charge >= 0.3 is 5.97 Å². The van der Waals surface area contributed by atoms with Gasteiger partial charge in [-0.15, -0.1) is 11.3 Å². The van der Waals surface area contributed by atoms with Gasteiger partial charge in [0.15, 0.2) is 5.69 Å². The van der Waals surface area contributed by atoms with Crippen LogP contribution >= 0.6 is 11.3 Å². The Bertz CT molecular complexity index is 432. The highest BCUT2D eigenvalue weighted by Crippen LogP contribution is 2.16. The van der Waals surface area contributed by atoms with Gasteiger partial charge in [-0.3, -0.25) is 4.40 Å². The largest absolute Gasteiger partial charge is 0.461 e. The minimum atomic E-state index is -0.354. The minimum absolute atomic E-state index is 0.354. The summed E-state index contributed by atoms with van der Waals surface area (Å²) in [6.07, 6.45) is 3.47. The first-order valence-corrected chi connectivity index (χ1v) is 4.78. The van der Waals surface area contributed by atoms with Crippen LogP contribution in [0.4, 0.5) is 0 Å². The van der Waals surface area contributed by atoms with Gasteiger partial charge in [0, 0.05) is 11.6 Å². The van der Waals surface area contributed by atoms with Crippen molar-refractivity contribution in [1.82, 2.24) is 9.38 Å². The van der Waals surface area contributed by atoms with Crippen molar-refractivity contribution < 1.29 is 9.53 Å². The lowest BCUT2D eigenvalue weighted by Crippen LogP contribution is -2.04. The quantitative estimate of drug-likeness (QED) is 0.685. The number of nitrogens with zero attached hydrogens (tertiary/aromatic N) is 2. The molecule has 0 spiro atoms. The fourth-order valence-electron chi connectivity index (χ4n) is 1.07. The van der Waals surface area contributed by atoms with Crippen LogP contribution in [0.5, 0.6) is 0 Å². The molecule has 0 aromatic carbocycles. The Morgan fingerprint density at radius 3 is 3.38 bits per heavy atom. The summed E-state index contributed by atoms with van der Waals surface area (Å²) in [7, 11) is 0. The van der Waals surface area contributed by atoms with Gasteiger partial charge in [-0.1, -0.05) is 0 Å². The van der Waals surface area contributed by atoms with Gasteiger partial charge < -0.3 is 4.74 Å². The molecule has 0 saturated carbocycles. The number of hydrogen-bond acceptors (Lipinski definition) is 4. The normalized spacial score (nSPS) is 10.5. The second-order valence-corrected chi connectivity index (χ2v) is 3.32. The van der Waals surface area contributed by atoms with E-state index >= 15 is 0 Å². The van der Waals surface area contributed by atoms with E-state index in [9.17, 15) is 4.79 Å². The number of fused-ring (bicyclic) bond motifs is 1. The Labute approximate surface area is 78.8 Å². The number of thiazole rings is 1. The van der Waals surface area contributed by atoms with Crippen molar-refractivity contribution in [2.75, 3.05) is 6.61 Å². The Hall–Kier alpha value is -1.36. The number of ether oxygens (including phenoxy) is 1. The first-order valence-electron chi connectivity index (χ1n) is 3.90. The Morgan fingerprint density at radius 2 is 2.62 bits per heavy atom. The predicted octanol–water partition coefficient (Wildman–Crippen LogP) is 1.57. The highest BCUT2D eigenvalue weighted by molar-refractivity contribution is 7.15. The van der Waals surface area contributed by atoms with Crippen LogP contribution in [0.3, 0.4) is 0 Å². The Balaban J connectivity index is 2.42. The molecule has 0 radical (unpaired) electrons. The van der Waals surface area contributed by atoms with Crippen LogP contribution in [0.2, 0.25) is 0 Å². The van der Waals surface area contributed by atoms with Gasteiger partial charge in [-0.05, 0) is 6.92 Å². The average molecular weight is 196 g/mol. The zero-order valence-electron chi connectivity index (χ0n) is 7.06. The highest BCUT2D eigenvalue weighted by atomic mass is 32.1. The third-order valence-electron chi connectivity index (χ3n) is 1.62. The summed E-state index contributed by atoms with van der Waals surface area (Å²) in [5.74, 6) is -0.354. The number of rotatable bonds is 2. The van der Waals surface area contributed by atoms with E-state index in [0.717, 1.165) is 4.83 Å². The molecule has 2 aromatic rings. The second-order valence-electron chi connectivity index (χ2n) is 2.43. The maximum absolute atomic E-state index is 11.3. The maximum atomic E-state index is 11.3. The molecule has 0 saturated heterocycles. The number of hydrogen-bond donors (Lipinski definition) is 0. The molecule has 0 N–H and O–H groups in total. The highest BCUT2D eigenvalue weighted by Gasteiger charge is 2.14. The average Bonchev–Trinajstić information content (AvgIpc) is 2.62. The Kier molecular flexibility index (Phi) is 2.02. The molecule has 0 aliphatic rings. The van der Waals surface area contributed by atoms with Crippen LogP contribution in [0.25, 0.3) is 4.83 Å². The van der Waals surface area contributed by atoms with Crippen molar-refractivity contribution in [2.45, 2.75) is 6.92 Å². The molecule has 0 atom stereocenters. The van der Waals surface area contributed by atoms with Gasteiger partial charge in [0.25, 0.3) is 0 Å². The summed E-state index contributed by atoms with van der Waals surface area (Å²) in [5, 5.41) is 1.90. The molecular formula is C8H8N2O2S. The molecule has 4 nitrogen and oxygen atoms in total. The van der Waals surface area contributed by atoms with Gasteiger partial charge in [0.2, 0.25) is 0 Å². The lowest BCUT2D eigenvalue weighted by Gasteiger charge is -1.96. The first kappa shape index (κ1) is 8.25. The van der Waals surface area contributed by atoms with E-state index in [0.29, 0.717) is 12.3 Å². The summed E-state index contributed by atoms with van der Waals surface area (Å²) in [6, 6.07) is 0.